The highest BCUT2D eigenvalue weighted by atomic mass is 16.1. The highest BCUT2D eigenvalue weighted by Crippen LogP contribution is 1.98. The lowest BCUT2D eigenvalue weighted by molar-refractivity contribution is -0.120. The molecule has 1 saturated heterocycles. The molecule has 0 atom stereocenters. The highest BCUT2D eigenvalue weighted by Gasteiger charge is 2.08. The van der Waals surface area contributed by atoms with Crippen molar-refractivity contribution >= 4 is 5.91 Å². The van der Waals surface area contributed by atoms with Gasteiger partial charge in [0.15, 0.2) is 0 Å². The molecule has 0 saturated carbocycles. The molecule has 1 aliphatic rings. The van der Waals surface area contributed by atoms with Gasteiger partial charge in [-0.3, -0.25) is 4.79 Å². The Hall–Kier alpha value is -0.610. The zero-order valence-electron chi connectivity index (χ0n) is 9.01. The van der Waals surface area contributed by atoms with Gasteiger partial charge >= 0.3 is 0 Å². The van der Waals surface area contributed by atoms with Crippen LogP contribution in [-0.2, 0) is 4.79 Å². The molecule has 0 radical (unpaired) electrons. The van der Waals surface area contributed by atoms with Crippen LogP contribution in [0.15, 0.2) is 0 Å². The standard InChI is InChI=1S/C10H21N3O/c1-11-10(14)4-2-7-13-8-3-5-12-6-9-13/h12H,2-9H2,1H3,(H,11,14). The van der Waals surface area contributed by atoms with Crippen LogP contribution >= 0.6 is 0 Å². The van der Waals surface area contributed by atoms with Crippen LogP contribution in [0.4, 0.5) is 0 Å². The number of carbonyl (C=O) groups excluding carboxylic acids is 1. The van der Waals surface area contributed by atoms with E-state index in [9.17, 15) is 4.79 Å². The molecule has 1 aliphatic heterocycles. The molecular formula is C10H21N3O. The van der Waals surface area contributed by atoms with Crippen molar-refractivity contribution in [2.75, 3.05) is 39.8 Å². The number of rotatable bonds is 4. The van der Waals surface area contributed by atoms with Crippen molar-refractivity contribution in [3.8, 4) is 0 Å². The fourth-order valence-corrected chi connectivity index (χ4v) is 1.71. The van der Waals surface area contributed by atoms with Crippen molar-refractivity contribution in [2.24, 2.45) is 0 Å². The molecule has 0 aromatic heterocycles. The molecule has 0 aromatic carbocycles. The number of carbonyl (C=O) groups is 1. The molecule has 1 rings (SSSR count). The summed E-state index contributed by atoms with van der Waals surface area (Å²) in [5, 5.41) is 6.01. The summed E-state index contributed by atoms with van der Waals surface area (Å²) in [6.45, 7) is 5.55. The number of hydrogen-bond acceptors (Lipinski definition) is 3. The summed E-state index contributed by atoms with van der Waals surface area (Å²) in [7, 11) is 1.69. The van der Waals surface area contributed by atoms with Crippen LogP contribution in [0.3, 0.4) is 0 Å². The van der Waals surface area contributed by atoms with E-state index in [-0.39, 0.29) is 5.91 Å². The van der Waals surface area contributed by atoms with Crippen LogP contribution in [-0.4, -0.2) is 50.6 Å². The van der Waals surface area contributed by atoms with Gasteiger partial charge in [-0.1, -0.05) is 0 Å². The minimum Gasteiger partial charge on any atom is -0.359 e. The molecule has 0 aliphatic carbocycles. The lowest BCUT2D eigenvalue weighted by Crippen LogP contribution is -2.30. The zero-order valence-corrected chi connectivity index (χ0v) is 9.01. The molecule has 1 fully saturated rings. The summed E-state index contributed by atoms with van der Waals surface area (Å²) in [6.07, 6.45) is 2.85. The van der Waals surface area contributed by atoms with Crippen LogP contribution in [0.5, 0.6) is 0 Å². The first kappa shape index (κ1) is 11.5. The van der Waals surface area contributed by atoms with Gasteiger partial charge < -0.3 is 15.5 Å². The first-order chi connectivity index (χ1) is 6.83. The normalized spacial score (nSPS) is 18.9. The molecule has 0 spiro atoms. The molecule has 14 heavy (non-hydrogen) atoms. The Labute approximate surface area is 86.0 Å². The minimum atomic E-state index is 0.151. The van der Waals surface area contributed by atoms with Gasteiger partial charge in [-0.05, 0) is 32.5 Å². The predicted octanol–water partition coefficient (Wildman–Crippen LogP) is -0.192. The van der Waals surface area contributed by atoms with Gasteiger partial charge in [0.25, 0.3) is 0 Å². The van der Waals surface area contributed by atoms with Crippen molar-refractivity contribution in [3.05, 3.63) is 0 Å². The summed E-state index contributed by atoms with van der Waals surface area (Å²) < 4.78 is 0. The minimum absolute atomic E-state index is 0.151. The first-order valence-electron chi connectivity index (χ1n) is 5.46. The molecular weight excluding hydrogens is 178 g/mol. The summed E-state index contributed by atoms with van der Waals surface area (Å²) in [5.41, 5.74) is 0. The summed E-state index contributed by atoms with van der Waals surface area (Å²) in [4.78, 5) is 13.4. The van der Waals surface area contributed by atoms with Gasteiger partial charge in [-0.15, -0.1) is 0 Å². The van der Waals surface area contributed by atoms with E-state index in [0.29, 0.717) is 6.42 Å². The van der Waals surface area contributed by atoms with Gasteiger partial charge in [0.05, 0.1) is 0 Å². The van der Waals surface area contributed by atoms with Crippen molar-refractivity contribution in [1.82, 2.24) is 15.5 Å². The maximum Gasteiger partial charge on any atom is 0.219 e. The molecule has 0 aromatic rings. The second-order valence-electron chi connectivity index (χ2n) is 3.72. The van der Waals surface area contributed by atoms with Crippen LogP contribution in [0.2, 0.25) is 0 Å². The van der Waals surface area contributed by atoms with Crippen LogP contribution in [0.1, 0.15) is 19.3 Å². The van der Waals surface area contributed by atoms with E-state index in [1.54, 1.807) is 7.05 Å². The Morgan fingerprint density at radius 3 is 3.07 bits per heavy atom. The second-order valence-corrected chi connectivity index (χ2v) is 3.72. The van der Waals surface area contributed by atoms with Crippen molar-refractivity contribution < 1.29 is 4.79 Å². The van der Waals surface area contributed by atoms with E-state index in [0.717, 1.165) is 32.6 Å². The van der Waals surface area contributed by atoms with E-state index in [1.165, 1.54) is 13.0 Å². The van der Waals surface area contributed by atoms with Gasteiger partial charge in [0.2, 0.25) is 5.91 Å². The maximum atomic E-state index is 11.0. The molecule has 82 valence electrons. The molecule has 4 heteroatoms. The van der Waals surface area contributed by atoms with E-state index >= 15 is 0 Å². The van der Waals surface area contributed by atoms with Crippen LogP contribution in [0.25, 0.3) is 0 Å². The monoisotopic (exact) mass is 199 g/mol. The van der Waals surface area contributed by atoms with Crippen molar-refractivity contribution in [1.29, 1.82) is 0 Å². The summed E-state index contributed by atoms with van der Waals surface area (Å²) in [6, 6.07) is 0. The van der Waals surface area contributed by atoms with E-state index in [4.69, 9.17) is 0 Å². The smallest absolute Gasteiger partial charge is 0.219 e. The number of hydrogen-bond donors (Lipinski definition) is 2. The Kier molecular flexibility index (Phi) is 5.56. The maximum absolute atomic E-state index is 11.0. The number of amides is 1. The third-order valence-electron chi connectivity index (χ3n) is 2.59. The quantitative estimate of drug-likeness (QED) is 0.659. The largest absolute Gasteiger partial charge is 0.359 e. The van der Waals surface area contributed by atoms with Crippen LogP contribution in [0, 0.1) is 0 Å². The Morgan fingerprint density at radius 1 is 1.43 bits per heavy atom. The average Bonchev–Trinajstić information content (AvgIpc) is 2.46. The van der Waals surface area contributed by atoms with Crippen molar-refractivity contribution in [2.45, 2.75) is 19.3 Å². The summed E-state index contributed by atoms with van der Waals surface area (Å²) in [5.74, 6) is 0.151. The zero-order chi connectivity index (χ0) is 10.2. The Morgan fingerprint density at radius 2 is 2.29 bits per heavy atom. The van der Waals surface area contributed by atoms with Crippen molar-refractivity contribution in [3.63, 3.8) is 0 Å². The number of nitrogens with zero attached hydrogens (tertiary/aromatic N) is 1. The van der Waals surface area contributed by atoms with E-state index in [2.05, 4.69) is 15.5 Å². The third kappa shape index (κ3) is 4.58. The average molecular weight is 199 g/mol. The molecule has 0 bridgehead atoms. The molecule has 0 unspecified atom stereocenters. The van der Waals surface area contributed by atoms with Gasteiger partial charge in [0.1, 0.15) is 0 Å². The molecule has 4 nitrogen and oxygen atoms in total. The fraction of sp³-hybridized carbons (Fsp3) is 0.900. The van der Waals surface area contributed by atoms with Crippen LogP contribution < -0.4 is 10.6 Å². The molecule has 1 heterocycles. The predicted molar refractivity (Wildman–Crippen MR) is 57.2 cm³/mol. The SMILES string of the molecule is CNC(=O)CCCN1CCCNCC1. The Balaban J connectivity index is 2.07. The second kappa shape index (κ2) is 6.79. The first-order valence-corrected chi connectivity index (χ1v) is 5.46. The van der Waals surface area contributed by atoms with E-state index in [1.807, 2.05) is 0 Å². The third-order valence-corrected chi connectivity index (χ3v) is 2.59. The fourth-order valence-electron chi connectivity index (χ4n) is 1.71. The Bertz CT molecular complexity index is 165. The summed E-state index contributed by atoms with van der Waals surface area (Å²) >= 11 is 0. The van der Waals surface area contributed by atoms with Gasteiger partial charge in [0, 0.05) is 26.6 Å². The highest BCUT2D eigenvalue weighted by molar-refractivity contribution is 5.75. The lowest BCUT2D eigenvalue weighted by atomic mass is 10.2. The van der Waals surface area contributed by atoms with Gasteiger partial charge in [-0.2, -0.15) is 0 Å². The van der Waals surface area contributed by atoms with Gasteiger partial charge in [-0.25, -0.2) is 0 Å². The number of nitrogens with one attached hydrogen (secondary N) is 2. The molecule has 1 amide bonds. The topological polar surface area (TPSA) is 44.4 Å². The van der Waals surface area contributed by atoms with E-state index < -0.39 is 0 Å². The molecule has 2 N–H and O–H groups in total. The lowest BCUT2D eigenvalue weighted by Gasteiger charge is -2.18.